The van der Waals surface area contributed by atoms with E-state index in [4.69, 9.17) is 4.98 Å². The molecule has 34 heavy (non-hydrogen) atoms. The molecule has 4 rings (SSSR count). The third-order valence-corrected chi connectivity index (χ3v) is 7.27. The van der Waals surface area contributed by atoms with Crippen LogP contribution in [0.15, 0.2) is 40.8 Å². The SMILES string of the molecule is CCCCC(CC)c1nc2c(=CC=C3N(C)c4ccccc4C3(C)C)c(C)c(C#N)c(=O)n2n1. The Morgan fingerprint density at radius 1 is 1.21 bits per heavy atom. The molecule has 0 fully saturated rings. The zero-order valence-electron chi connectivity index (χ0n) is 21.0. The van der Waals surface area contributed by atoms with Gasteiger partial charge in [0.1, 0.15) is 11.6 Å². The first kappa shape index (κ1) is 23.7. The largest absolute Gasteiger partial charge is 0.347 e. The summed E-state index contributed by atoms with van der Waals surface area (Å²) in [6, 6.07) is 10.5. The smallest absolute Gasteiger partial charge is 0.291 e. The average Bonchev–Trinajstić information content (AvgIpc) is 3.34. The van der Waals surface area contributed by atoms with E-state index in [9.17, 15) is 10.1 Å². The van der Waals surface area contributed by atoms with Gasteiger partial charge in [-0.25, -0.2) is 4.98 Å². The van der Waals surface area contributed by atoms with Crippen molar-refractivity contribution in [2.24, 2.45) is 0 Å². The fourth-order valence-electron chi connectivity index (χ4n) is 5.15. The molecule has 0 radical (unpaired) electrons. The van der Waals surface area contributed by atoms with Crippen molar-refractivity contribution in [2.45, 2.75) is 71.6 Å². The van der Waals surface area contributed by atoms with Crippen molar-refractivity contribution < 1.29 is 0 Å². The molecular formula is C28H33N5O. The topological polar surface area (TPSA) is 74.3 Å². The van der Waals surface area contributed by atoms with E-state index >= 15 is 0 Å². The van der Waals surface area contributed by atoms with E-state index in [1.165, 1.54) is 15.8 Å². The summed E-state index contributed by atoms with van der Waals surface area (Å²) in [6.07, 6.45) is 8.19. The minimum Gasteiger partial charge on any atom is -0.347 e. The molecule has 1 aliphatic rings. The molecule has 0 saturated heterocycles. The zero-order valence-corrected chi connectivity index (χ0v) is 21.0. The van der Waals surface area contributed by atoms with Gasteiger partial charge < -0.3 is 4.90 Å². The number of fused-ring (bicyclic) bond motifs is 2. The number of nitrogens with zero attached hydrogens (tertiary/aromatic N) is 5. The number of para-hydroxylation sites is 1. The number of aromatic nitrogens is 3. The molecule has 2 aromatic heterocycles. The van der Waals surface area contributed by atoms with Crippen molar-refractivity contribution in [3.05, 3.63) is 74.1 Å². The number of unbranched alkanes of at least 4 members (excludes halogenated alkanes) is 1. The maximum absolute atomic E-state index is 13.0. The first-order valence-corrected chi connectivity index (χ1v) is 12.1. The summed E-state index contributed by atoms with van der Waals surface area (Å²) < 4.78 is 1.33. The summed E-state index contributed by atoms with van der Waals surface area (Å²) in [4.78, 5) is 20.1. The summed E-state index contributed by atoms with van der Waals surface area (Å²) in [7, 11) is 2.08. The Labute approximate surface area is 201 Å². The quantitative estimate of drug-likeness (QED) is 0.536. The first-order valence-electron chi connectivity index (χ1n) is 12.1. The molecular weight excluding hydrogens is 422 g/mol. The number of benzene rings is 1. The summed E-state index contributed by atoms with van der Waals surface area (Å²) in [5.41, 5.74) is 4.34. The molecule has 1 atom stereocenters. The first-order chi connectivity index (χ1) is 16.3. The number of anilines is 1. The fraction of sp³-hybridized carbons (Fsp3) is 0.429. The van der Waals surface area contributed by atoms with Gasteiger partial charge in [0.2, 0.25) is 0 Å². The molecule has 0 spiro atoms. The van der Waals surface area contributed by atoms with Crippen LogP contribution in [-0.2, 0) is 5.41 Å². The van der Waals surface area contributed by atoms with Gasteiger partial charge in [-0.05, 0) is 49.1 Å². The van der Waals surface area contributed by atoms with Gasteiger partial charge >= 0.3 is 0 Å². The Morgan fingerprint density at radius 2 is 1.94 bits per heavy atom. The Balaban J connectivity index is 1.94. The number of pyridine rings is 1. The van der Waals surface area contributed by atoms with Crippen LogP contribution in [0.25, 0.3) is 11.7 Å². The molecule has 0 N–H and O–H groups in total. The van der Waals surface area contributed by atoms with Crippen LogP contribution >= 0.6 is 0 Å². The molecule has 6 nitrogen and oxygen atoms in total. The van der Waals surface area contributed by atoms with Crippen LogP contribution in [0, 0.1) is 18.3 Å². The normalized spacial score (nSPS) is 17.4. The van der Waals surface area contributed by atoms with Gasteiger partial charge in [0.25, 0.3) is 5.56 Å². The van der Waals surface area contributed by atoms with Crippen molar-refractivity contribution in [1.29, 1.82) is 5.26 Å². The number of hydrogen-bond donors (Lipinski definition) is 0. The second kappa shape index (κ2) is 9.06. The third-order valence-electron chi connectivity index (χ3n) is 7.27. The Kier molecular flexibility index (Phi) is 6.31. The maximum Gasteiger partial charge on any atom is 0.291 e. The Hall–Kier alpha value is -3.46. The highest BCUT2D eigenvalue weighted by molar-refractivity contribution is 5.72. The predicted octanol–water partition coefficient (Wildman–Crippen LogP) is 4.76. The third kappa shape index (κ3) is 3.69. The van der Waals surface area contributed by atoms with Gasteiger partial charge in [-0.3, -0.25) is 4.79 Å². The zero-order chi connectivity index (χ0) is 24.6. The van der Waals surface area contributed by atoms with Crippen LogP contribution in [-0.4, -0.2) is 21.6 Å². The second-order valence-electron chi connectivity index (χ2n) is 9.70. The number of rotatable bonds is 6. The summed E-state index contributed by atoms with van der Waals surface area (Å²) in [5.74, 6) is 0.890. The lowest BCUT2D eigenvalue weighted by Gasteiger charge is -2.23. The van der Waals surface area contributed by atoms with Gasteiger partial charge in [0.15, 0.2) is 11.5 Å². The summed E-state index contributed by atoms with van der Waals surface area (Å²) >= 11 is 0. The predicted molar refractivity (Wildman–Crippen MR) is 137 cm³/mol. The van der Waals surface area contributed by atoms with Crippen molar-refractivity contribution in [3.63, 3.8) is 0 Å². The lowest BCUT2D eigenvalue weighted by Crippen LogP contribution is -2.27. The van der Waals surface area contributed by atoms with Gasteiger partial charge in [-0.2, -0.15) is 9.78 Å². The van der Waals surface area contributed by atoms with Crippen molar-refractivity contribution >= 4 is 17.4 Å². The minimum atomic E-state index is -0.394. The van der Waals surface area contributed by atoms with Crippen LogP contribution < -0.4 is 15.7 Å². The van der Waals surface area contributed by atoms with E-state index in [-0.39, 0.29) is 16.9 Å². The van der Waals surface area contributed by atoms with E-state index in [0.29, 0.717) is 17.0 Å². The van der Waals surface area contributed by atoms with Crippen molar-refractivity contribution in [2.75, 3.05) is 11.9 Å². The molecule has 3 aromatic rings. The van der Waals surface area contributed by atoms with Gasteiger partial charge in [0.05, 0.1) is 0 Å². The van der Waals surface area contributed by atoms with Crippen molar-refractivity contribution in [1.82, 2.24) is 14.6 Å². The second-order valence-corrected chi connectivity index (χ2v) is 9.70. The summed E-state index contributed by atoms with van der Waals surface area (Å²) in [6.45, 7) is 10.6. The van der Waals surface area contributed by atoms with E-state index in [0.717, 1.165) is 36.6 Å². The highest BCUT2D eigenvalue weighted by Gasteiger charge is 2.37. The van der Waals surface area contributed by atoms with Crippen molar-refractivity contribution in [3.8, 4) is 6.07 Å². The molecule has 6 heteroatoms. The summed E-state index contributed by atoms with van der Waals surface area (Å²) in [5, 5.41) is 15.1. The highest BCUT2D eigenvalue weighted by atomic mass is 16.1. The number of likely N-dealkylation sites (N-methyl/N-ethyl adjacent to an activating group) is 1. The van der Waals surface area contributed by atoms with E-state index < -0.39 is 5.56 Å². The molecule has 0 aliphatic carbocycles. The van der Waals surface area contributed by atoms with Crippen LogP contribution in [0.4, 0.5) is 5.69 Å². The highest BCUT2D eigenvalue weighted by Crippen LogP contribution is 2.46. The molecule has 0 bridgehead atoms. The molecule has 176 valence electrons. The van der Waals surface area contributed by atoms with Crippen LogP contribution in [0.2, 0.25) is 0 Å². The molecule has 1 unspecified atom stereocenters. The van der Waals surface area contributed by atoms with E-state index in [1.54, 1.807) is 0 Å². The van der Waals surface area contributed by atoms with Gasteiger partial charge in [-0.1, -0.05) is 58.7 Å². The van der Waals surface area contributed by atoms with Gasteiger partial charge in [0, 0.05) is 35.0 Å². The van der Waals surface area contributed by atoms with Crippen LogP contribution in [0.1, 0.15) is 81.8 Å². The number of hydrogen-bond acceptors (Lipinski definition) is 5. The van der Waals surface area contributed by atoms with Gasteiger partial charge in [-0.15, -0.1) is 5.10 Å². The molecule has 3 heterocycles. The average molecular weight is 456 g/mol. The lowest BCUT2D eigenvalue weighted by molar-refractivity contribution is 0.542. The molecule has 1 aromatic carbocycles. The van der Waals surface area contributed by atoms with E-state index in [2.05, 4.69) is 81.2 Å². The molecule has 1 aliphatic heterocycles. The van der Waals surface area contributed by atoms with E-state index in [1.807, 2.05) is 13.0 Å². The van der Waals surface area contributed by atoms with Crippen LogP contribution in [0.3, 0.4) is 0 Å². The lowest BCUT2D eigenvalue weighted by atomic mass is 9.84. The Bertz CT molecular complexity index is 1420. The minimum absolute atomic E-state index is 0.123. The number of nitriles is 1. The number of allylic oxidation sites excluding steroid dienone is 2. The Morgan fingerprint density at radius 3 is 2.59 bits per heavy atom. The molecule has 0 saturated carbocycles. The van der Waals surface area contributed by atoms with Crippen LogP contribution in [0.5, 0.6) is 0 Å². The molecule has 0 amide bonds. The maximum atomic E-state index is 13.0. The standard InChI is InChI=1S/C28H33N5O/c1-7-9-12-19(8-2)25-30-26-20(18(3)21(17-29)27(34)33(26)31-25)15-16-24-28(4,5)22-13-10-11-14-23(22)32(24)6/h10-11,13-16,19H,7-9,12H2,1-6H3. The monoisotopic (exact) mass is 455 g/mol. The fourth-order valence-corrected chi connectivity index (χ4v) is 5.15.